The van der Waals surface area contributed by atoms with Gasteiger partial charge in [0.2, 0.25) is 0 Å². The van der Waals surface area contributed by atoms with Gasteiger partial charge in [0.1, 0.15) is 11.6 Å². The topological polar surface area (TPSA) is 44.8 Å². The van der Waals surface area contributed by atoms with Crippen molar-refractivity contribution in [3.63, 3.8) is 0 Å². The van der Waals surface area contributed by atoms with E-state index in [0.717, 1.165) is 25.4 Å². The summed E-state index contributed by atoms with van der Waals surface area (Å²) in [6.45, 7) is 3.84. The average Bonchev–Trinajstić information content (AvgIpc) is 2.65. The molecular formula is C19H22FN3O2. The van der Waals surface area contributed by atoms with Crippen molar-refractivity contribution in [1.29, 1.82) is 0 Å². The molecule has 1 fully saturated rings. The van der Waals surface area contributed by atoms with Crippen molar-refractivity contribution in [1.82, 2.24) is 9.80 Å². The van der Waals surface area contributed by atoms with Crippen LogP contribution in [0.3, 0.4) is 0 Å². The molecule has 0 aliphatic carbocycles. The van der Waals surface area contributed by atoms with E-state index < -0.39 is 0 Å². The maximum atomic E-state index is 12.9. The molecule has 6 heteroatoms. The first kappa shape index (κ1) is 17.2. The number of methoxy groups -OCH3 is 1. The van der Waals surface area contributed by atoms with Crippen molar-refractivity contribution in [2.45, 2.75) is 6.54 Å². The number of hydrogen-bond acceptors (Lipinski definition) is 3. The van der Waals surface area contributed by atoms with Gasteiger partial charge in [-0.1, -0.05) is 12.1 Å². The lowest BCUT2D eigenvalue weighted by molar-refractivity contribution is 0.143. The molecule has 2 aromatic carbocycles. The Bertz CT molecular complexity index is 696. The fourth-order valence-electron chi connectivity index (χ4n) is 2.83. The number of ether oxygens (including phenoxy) is 1. The molecule has 2 aromatic rings. The molecule has 25 heavy (non-hydrogen) atoms. The predicted molar refractivity (Wildman–Crippen MR) is 95.3 cm³/mol. The van der Waals surface area contributed by atoms with Crippen molar-refractivity contribution in [3.05, 3.63) is 59.9 Å². The number of nitrogens with zero attached hydrogens (tertiary/aromatic N) is 2. The van der Waals surface area contributed by atoms with E-state index in [4.69, 9.17) is 4.74 Å². The SMILES string of the molecule is COc1ccc(CN2CCN(C(=O)Nc3ccc(F)cc3)CC2)cc1. The molecule has 1 aliphatic heterocycles. The van der Waals surface area contributed by atoms with E-state index >= 15 is 0 Å². The summed E-state index contributed by atoms with van der Waals surface area (Å²) in [4.78, 5) is 16.4. The Morgan fingerprint density at radius 1 is 1.04 bits per heavy atom. The van der Waals surface area contributed by atoms with Crippen molar-refractivity contribution >= 4 is 11.7 Å². The molecule has 0 atom stereocenters. The molecule has 0 spiro atoms. The lowest BCUT2D eigenvalue weighted by Crippen LogP contribution is -2.49. The molecule has 0 aromatic heterocycles. The Hall–Kier alpha value is -2.60. The lowest BCUT2D eigenvalue weighted by Gasteiger charge is -2.34. The van der Waals surface area contributed by atoms with E-state index in [-0.39, 0.29) is 11.8 Å². The molecule has 5 nitrogen and oxygen atoms in total. The van der Waals surface area contributed by atoms with Gasteiger partial charge in [-0.25, -0.2) is 9.18 Å². The number of nitrogens with one attached hydrogen (secondary N) is 1. The van der Waals surface area contributed by atoms with Crippen molar-refractivity contribution < 1.29 is 13.9 Å². The van der Waals surface area contributed by atoms with E-state index in [1.54, 1.807) is 24.1 Å². The number of rotatable bonds is 4. The zero-order valence-electron chi connectivity index (χ0n) is 14.2. The fourth-order valence-corrected chi connectivity index (χ4v) is 2.83. The Balaban J connectivity index is 1.47. The van der Waals surface area contributed by atoms with E-state index in [0.29, 0.717) is 18.8 Å². The Morgan fingerprint density at radius 2 is 1.68 bits per heavy atom. The highest BCUT2D eigenvalue weighted by molar-refractivity contribution is 5.89. The number of halogens is 1. The Morgan fingerprint density at radius 3 is 2.28 bits per heavy atom. The first-order chi connectivity index (χ1) is 12.1. The van der Waals surface area contributed by atoms with Crippen molar-refractivity contribution in [3.8, 4) is 5.75 Å². The third-order valence-corrected chi connectivity index (χ3v) is 4.32. The van der Waals surface area contributed by atoms with Crippen LogP contribution in [0.5, 0.6) is 5.75 Å². The van der Waals surface area contributed by atoms with Gasteiger partial charge >= 0.3 is 6.03 Å². The van der Waals surface area contributed by atoms with Crippen LogP contribution in [0.1, 0.15) is 5.56 Å². The molecule has 2 amide bonds. The minimum atomic E-state index is -0.315. The Kier molecular flexibility index (Phi) is 5.50. The molecule has 1 saturated heterocycles. The molecule has 132 valence electrons. The third-order valence-electron chi connectivity index (χ3n) is 4.32. The number of carbonyl (C=O) groups is 1. The van der Waals surface area contributed by atoms with E-state index in [2.05, 4.69) is 22.3 Å². The fraction of sp³-hybridized carbons (Fsp3) is 0.316. The van der Waals surface area contributed by atoms with Crippen LogP contribution < -0.4 is 10.1 Å². The van der Waals surface area contributed by atoms with Gasteiger partial charge in [-0.05, 0) is 42.0 Å². The maximum Gasteiger partial charge on any atom is 0.321 e. The summed E-state index contributed by atoms with van der Waals surface area (Å²) in [5.41, 5.74) is 1.83. The quantitative estimate of drug-likeness (QED) is 0.927. The summed E-state index contributed by atoms with van der Waals surface area (Å²) in [5.74, 6) is 0.538. The number of anilines is 1. The standard InChI is InChI=1S/C19H22FN3O2/c1-25-18-8-2-15(3-9-18)14-22-10-12-23(13-11-22)19(24)21-17-6-4-16(20)5-7-17/h2-9H,10-14H2,1H3,(H,21,24). The smallest absolute Gasteiger partial charge is 0.321 e. The van der Waals surface area contributed by atoms with Gasteiger partial charge in [-0.2, -0.15) is 0 Å². The molecular weight excluding hydrogens is 321 g/mol. The van der Waals surface area contributed by atoms with E-state index in [1.807, 2.05) is 12.1 Å². The average molecular weight is 343 g/mol. The van der Waals surface area contributed by atoms with Gasteiger partial charge in [0.25, 0.3) is 0 Å². The maximum absolute atomic E-state index is 12.9. The summed E-state index contributed by atoms with van der Waals surface area (Å²) in [6, 6.07) is 13.7. The zero-order valence-corrected chi connectivity index (χ0v) is 14.2. The summed E-state index contributed by atoms with van der Waals surface area (Å²) in [6.07, 6.45) is 0. The van der Waals surface area contributed by atoms with Gasteiger partial charge in [0.05, 0.1) is 7.11 Å². The number of carbonyl (C=O) groups excluding carboxylic acids is 1. The van der Waals surface area contributed by atoms with Gasteiger partial charge in [0, 0.05) is 38.4 Å². The predicted octanol–water partition coefficient (Wildman–Crippen LogP) is 3.18. The monoisotopic (exact) mass is 343 g/mol. The first-order valence-electron chi connectivity index (χ1n) is 8.31. The van der Waals surface area contributed by atoms with Crippen LogP contribution in [0.25, 0.3) is 0 Å². The molecule has 3 rings (SSSR count). The Labute approximate surface area is 147 Å². The number of benzene rings is 2. The van der Waals surface area contributed by atoms with Crippen molar-refractivity contribution in [2.75, 3.05) is 38.6 Å². The molecule has 0 radical (unpaired) electrons. The number of piperazine rings is 1. The minimum Gasteiger partial charge on any atom is -0.497 e. The normalized spacial score (nSPS) is 15.0. The number of hydrogen-bond donors (Lipinski definition) is 1. The van der Waals surface area contributed by atoms with Crippen LogP contribution >= 0.6 is 0 Å². The molecule has 1 aliphatic rings. The first-order valence-corrected chi connectivity index (χ1v) is 8.31. The minimum absolute atomic E-state index is 0.143. The summed E-state index contributed by atoms with van der Waals surface area (Å²) in [5, 5.41) is 2.80. The van der Waals surface area contributed by atoms with Crippen LogP contribution in [0.2, 0.25) is 0 Å². The molecule has 0 saturated carbocycles. The lowest BCUT2D eigenvalue weighted by atomic mass is 10.2. The number of urea groups is 1. The second-order valence-corrected chi connectivity index (χ2v) is 6.05. The highest BCUT2D eigenvalue weighted by atomic mass is 19.1. The molecule has 1 N–H and O–H groups in total. The van der Waals surface area contributed by atoms with Crippen LogP contribution in [0.15, 0.2) is 48.5 Å². The van der Waals surface area contributed by atoms with E-state index in [9.17, 15) is 9.18 Å². The zero-order chi connectivity index (χ0) is 17.6. The molecule has 0 unspecified atom stereocenters. The second-order valence-electron chi connectivity index (χ2n) is 6.05. The highest BCUT2D eigenvalue weighted by Gasteiger charge is 2.21. The van der Waals surface area contributed by atoms with E-state index in [1.165, 1.54) is 17.7 Å². The van der Waals surface area contributed by atoms with Crippen LogP contribution in [0.4, 0.5) is 14.9 Å². The third kappa shape index (κ3) is 4.70. The summed E-state index contributed by atoms with van der Waals surface area (Å²) in [7, 11) is 1.66. The van der Waals surface area contributed by atoms with Crippen molar-refractivity contribution in [2.24, 2.45) is 0 Å². The van der Waals surface area contributed by atoms with Crippen LogP contribution in [0, 0.1) is 5.82 Å². The van der Waals surface area contributed by atoms with Gasteiger partial charge in [-0.15, -0.1) is 0 Å². The summed E-state index contributed by atoms with van der Waals surface area (Å²) < 4.78 is 18.1. The second kappa shape index (κ2) is 7.98. The van der Waals surface area contributed by atoms with Crippen LogP contribution in [-0.2, 0) is 6.54 Å². The molecule has 1 heterocycles. The molecule has 0 bridgehead atoms. The largest absolute Gasteiger partial charge is 0.497 e. The van der Waals surface area contributed by atoms with Gasteiger partial charge < -0.3 is 15.0 Å². The summed E-state index contributed by atoms with van der Waals surface area (Å²) >= 11 is 0. The van der Waals surface area contributed by atoms with Gasteiger partial charge in [0.15, 0.2) is 0 Å². The van der Waals surface area contributed by atoms with Gasteiger partial charge in [-0.3, -0.25) is 4.90 Å². The number of amides is 2. The highest BCUT2D eigenvalue weighted by Crippen LogP contribution is 2.15. The van der Waals surface area contributed by atoms with Crippen LogP contribution in [-0.4, -0.2) is 49.1 Å².